The predicted octanol–water partition coefficient (Wildman–Crippen LogP) is 1.76. The van der Waals surface area contributed by atoms with E-state index in [1.165, 1.54) is 0 Å². The summed E-state index contributed by atoms with van der Waals surface area (Å²) in [5, 5.41) is 22.4. The van der Waals surface area contributed by atoms with E-state index in [0.29, 0.717) is 11.1 Å². The standard InChI is InChI=1S/C20H14N4O2/c21-12-16-18(26)23-20(15-9-5-2-6-10-15)19(16,11-17(25)24(20)13-22)14-7-3-1-4-8-14/h1-10,16H,11H2,(H,23,26). The van der Waals surface area contributed by atoms with Gasteiger partial charge in [0.05, 0.1) is 11.5 Å². The van der Waals surface area contributed by atoms with Crippen molar-refractivity contribution in [2.24, 2.45) is 5.92 Å². The SMILES string of the molecule is N#CC1C(=O)NC2(c3ccccc3)N(C#N)C(=O)CC12c1ccccc1. The van der Waals surface area contributed by atoms with Crippen LogP contribution in [0.1, 0.15) is 17.5 Å². The third-order valence-electron chi connectivity index (χ3n) is 5.43. The van der Waals surface area contributed by atoms with Gasteiger partial charge in [-0.15, -0.1) is 0 Å². The maximum absolute atomic E-state index is 12.8. The van der Waals surface area contributed by atoms with Gasteiger partial charge in [0.1, 0.15) is 5.92 Å². The van der Waals surface area contributed by atoms with Crippen molar-refractivity contribution in [3.8, 4) is 12.3 Å². The van der Waals surface area contributed by atoms with Gasteiger partial charge < -0.3 is 5.32 Å². The third kappa shape index (κ3) is 1.68. The molecular weight excluding hydrogens is 328 g/mol. The van der Waals surface area contributed by atoms with Gasteiger partial charge >= 0.3 is 0 Å². The highest BCUT2D eigenvalue weighted by atomic mass is 16.2. The number of hydrogen-bond acceptors (Lipinski definition) is 4. The molecule has 2 heterocycles. The first-order valence-corrected chi connectivity index (χ1v) is 8.17. The van der Waals surface area contributed by atoms with E-state index in [-0.39, 0.29) is 6.42 Å². The Morgan fingerprint density at radius 1 is 0.962 bits per heavy atom. The maximum atomic E-state index is 12.8. The minimum atomic E-state index is -1.42. The monoisotopic (exact) mass is 342 g/mol. The summed E-state index contributed by atoms with van der Waals surface area (Å²) in [6.45, 7) is 0. The minimum absolute atomic E-state index is 0.101. The topological polar surface area (TPSA) is 97.0 Å². The van der Waals surface area contributed by atoms with Crippen molar-refractivity contribution in [3.63, 3.8) is 0 Å². The highest BCUT2D eigenvalue weighted by molar-refractivity contribution is 5.96. The van der Waals surface area contributed by atoms with Gasteiger partial charge in [-0.25, -0.2) is 4.90 Å². The summed E-state index contributed by atoms with van der Waals surface area (Å²) in [7, 11) is 0. The van der Waals surface area contributed by atoms with Crippen molar-refractivity contribution in [2.75, 3.05) is 0 Å². The molecule has 26 heavy (non-hydrogen) atoms. The number of benzene rings is 2. The Balaban J connectivity index is 2.12. The van der Waals surface area contributed by atoms with E-state index in [0.717, 1.165) is 4.90 Å². The average molecular weight is 342 g/mol. The molecule has 6 heteroatoms. The molecule has 2 aromatic rings. The van der Waals surface area contributed by atoms with Crippen LogP contribution in [0.15, 0.2) is 60.7 Å². The molecule has 6 nitrogen and oxygen atoms in total. The van der Waals surface area contributed by atoms with E-state index in [4.69, 9.17) is 0 Å². The van der Waals surface area contributed by atoms with Crippen LogP contribution < -0.4 is 5.32 Å². The number of nitrogens with zero attached hydrogens (tertiary/aromatic N) is 3. The molecule has 2 saturated heterocycles. The number of hydrogen-bond donors (Lipinski definition) is 1. The van der Waals surface area contributed by atoms with Crippen LogP contribution in [-0.2, 0) is 20.7 Å². The number of rotatable bonds is 2. The number of carbonyl (C=O) groups is 2. The minimum Gasteiger partial charge on any atom is -0.326 e. The van der Waals surface area contributed by atoms with Crippen molar-refractivity contribution >= 4 is 11.8 Å². The van der Waals surface area contributed by atoms with Gasteiger partial charge in [-0.2, -0.15) is 10.5 Å². The molecular formula is C20H14N4O2. The van der Waals surface area contributed by atoms with Crippen LogP contribution >= 0.6 is 0 Å². The lowest BCUT2D eigenvalue weighted by Gasteiger charge is -2.42. The molecule has 2 amide bonds. The van der Waals surface area contributed by atoms with Crippen LogP contribution in [0.5, 0.6) is 0 Å². The molecule has 3 atom stereocenters. The Bertz CT molecular complexity index is 895. The Morgan fingerprint density at radius 3 is 2.08 bits per heavy atom. The summed E-state index contributed by atoms with van der Waals surface area (Å²) in [6, 6.07) is 20.0. The highest BCUT2D eigenvalue weighted by Gasteiger charge is 2.74. The van der Waals surface area contributed by atoms with Crippen molar-refractivity contribution in [1.29, 1.82) is 10.5 Å². The van der Waals surface area contributed by atoms with Gasteiger partial charge in [-0.05, 0) is 11.1 Å². The number of nitrogens with one attached hydrogen (secondary N) is 1. The Morgan fingerprint density at radius 2 is 1.54 bits per heavy atom. The fourth-order valence-electron chi connectivity index (χ4n) is 4.44. The van der Waals surface area contributed by atoms with Gasteiger partial charge in [-0.1, -0.05) is 60.7 Å². The number of likely N-dealkylation sites (tertiary alicyclic amines) is 1. The van der Waals surface area contributed by atoms with Crippen molar-refractivity contribution in [2.45, 2.75) is 17.5 Å². The number of fused-ring (bicyclic) bond motifs is 1. The first-order chi connectivity index (χ1) is 12.6. The zero-order valence-corrected chi connectivity index (χ0v) is 13.7. The van der Waals surface area contributed by atoms with Crippen LogP contribution in [-0.4, -0.2) is 16.7 Å². The Kier molecular flexibility index (Phi) is 3.32. The van der Waals surface area contributed by atoms with E-state index >= 15 is 0 Å². The van der Waals surface area contributed by atoms with Crippen LogP contribution in [0.4, 0.5) is 0 Å². The van der Waals surface area contributed by atoms with Crippen LogP contribution in [0.2, 0.25) is 0 Å². The van der Waals surface area contributed by atoms with E-state index < -0.39 is 28.8 Å². The van der Waals surface area contributed by atoms with Gasteiger partial charge in [0.25, 0.3) is 0 Å². The fourth-order valence-corrected chi connectivity index (χ4v) is 4.44. The molecule has 2 aliphatic rings. The summed E-state index contributed by atoms with van der Waals surface area (Å²) >= 11 is 0. The molecule has 0 spiro atoms. The number of nitriles is 2. The van der Waals surface area contributed by atoms with Crippen molar-refractivity contribution in [1.82, 2.24) is 10.2 Å². The molecule has 1 N–H and O–H groups in total. The van der Waals surface area contributed by atoms with Crippen LogP contribution in [0.25, 0.3) is 0 Å². The van der Waals surface area contributed by atoms with E-state index in [2.05, 4.69) is 11.4 Å². The van der Waals surface area contributed by atoms with E-state index in [1.54, 1.807) is 48.5 Å². The summed E-state index contributed by atoms with van der Waals surface area (Å²) in [4.78, 5) is 26.6. The molecule has 0 radical (unpaired) electrons. The maximum Gasteiger partial charge on any atom is 0.240 e. The zero-order chi connectivity index (χ0) is 18.4. The van der Waals surface area contributed by atoms with Crippen LogP contribution in [0.3, 0.4) is 0 Å². The molecule has 0 bridgehead atoms. The predicted molar refractivity (Wildman–Crippen MR) is 90.6 cm³/mol. The molecule has 0 aliphatic carbocycles. The first kappa shape index (κ1) is 15.9. The molecule has 4 rings (SSSR count). The highest BCUT2D eigenvalue weighted by Crippen LogP contribution is 2.59. The molecule has 0 aromatic heterocycles. The first-order valence-electron chi connectivity index (χ1n) is 8.17. The molecule has 2 fully saturated rings. The van der Waals surface area contributed by atoms with E-state index in [9.17, 15) is 20.1 Å². The number of amides is 2. The van der Waals surface area contributed by atoms with Crippen molar-refractivity contribution < 1.29 is 9.59 Å². The molecule has 126 valence electrons. The second-order valence-corrected chi connectivity index (χ2v) is 6.47. The van der Waals surface area contributed by atoms with Gasteiger partial charge in [-0.3, -0.25) is 9.59 Å². The Hall–Kier alpha value is -3.64. The summed E-state index contributed by atoms with van der Waals surface area (Å²) < 4.78 is 0. The summed E-state index contributed by atoms with van der Waals surface area (Å²) in [5.41, 5.74) is -1.32. The quantitative estimate of drug-likeness (QED) is 0.841. The third-order valence-corrected chi connectivity index (χ3v) is 5.43. The second-order valence-electron chi connectivity index (χ2n) is 6.47. The molecule has 3 unspecified atom stereocenters. The van der Waals surface area contributed by atoms with E-state index in [1.807, 2.05) is 18.3 Å². The zero-order valence-electron chi connectivity index (χ0n) is 13.7. The lowest BCUT2D eigenvalue weighted by Crippen LogP contribution is -2.57. The van der Waals surface area contributed by atoms with Gasteiger partial charge in [0, 0.05) is 6.42 Å². The van der Waals surface area contributed by atoms with Crippen molar-refractivity contribution in [3.05, 3.63) is 71.8 Å². The van der Waals surface area contributed by atoms with Crippen LogP contribution in [0, 0.1) is 28.7 Å². The van der Waals surface area contributed by atoms with Gasteiger partial charge in [0.15, 0.2) is 11.9 Å². The smallest absolute Gasteiger partial charge is 0.240 e. The summed E-state index contributed by atoms with van der Waals surface area (Å²) in [5.74, 6) is -1.99. The second kappa shape index (κ2) is 5.44. The fraction of sp³-hybridized carbons (Fsp3) is 0.200. The lowest BCUT2D eigenvalue weighted by molar-refractivity contribution is -0.130. The average Bonchev–Trinajstić information content (AvgIpc) is 3.07. The molecule has 2 aliphatic heterocycles. The molecule has 2 aromatic carbocycles. The Labute approximate surface area is 150 Å². The molecule has 0 saturated carbocycles. The summed E-state index contributed by atoms with van der Waals surface area (Å²) in [6.07, 6.45) is 1.84. The largest absolute Gasteiger partial charge is 0.326 e. The normalized spacial score (nSPS) is 29.6. The lowest BCUT2D eigenvalue weighted by atomic mass is 9.63. The van der Waals surface area contributed by atoms with Gasteiger partial charge in [0.2, 0.25) is 11.8 Å². The number of carbonyl (C=O) groups excluding carboxylic acids is 2.